The summed E-state index contributed by atoms with van der Waals surface area (Å²) >= 11 is 1.30. The van der Waals surface area contributed by atoms with Crippen molar-refractivity contribution in [3.8, 4) is 11.4 Å². The Labute approximate surface area is 202 Å². The van der Waals surface area contributed by atoms with E-state index >= 15 is 0 Å². The molecule has 8 nitrogen and oxygen atoms in total. The summed E-state index contributed by atoms with van der Waals surface area (Å²) in [6.45, 7) is 0.490. The number of nitrogens with one attached hydrogen (secondary N) is 2. The molecular formula is C25H24N6O2S. The number of carbonyl (C=O) groups is 1. The van der Waals surface area contributed by atoms with E-state index in [1.54, 1.807) is 13.3 Å². The lowest BCUT2D eigenvalue weighted by Crippen LogP contribution is -2.20. The predicted octanol–water partition coefficient (Wildman–Crippen LogP) is 4.13. The van der Waals surface area contributed by atoms with Gasteiger partial charge in [-0.2, -0.15) is 5.10 Å². The van der Waals surface area contributed by atoms with Crippen molar-refractivity contribution < 1.29 is 9.53 Å². The third-order valence-electron chi connectivity index (χ3n) is 4.77. The minimum absolute atomic E-state index is 0.145. The number of rotatable bonds is 10. The first-order chi connectivity index (χ1) is 16.7. The SMILES string of the molecule is COc1cccc(C=NNC(=O)CSc2nnc(CNc3ccccc3)n2-c2ccccc2)c1. The largest absolute Gasteiger partial charge is 0.497 e. The molecule has 0 aliphatic heterocycles. The van der Waals surface area contributed by atoms with E-state index in [2.05, 4.69) is 26.0 Å². The molecule has 0 radical (unpaired) electrons. The molecule has 0 aliphatic carbocycles. The zero-order valence-corrected chi connectivity index (χ0v) is 19.4. The lowest BCUT2D eigenvalue weighted by Gasteiger charge is -2.11. The van der Waals surface area contributed by atoms with Crippen molar-refractivity contribution in [1.82, 2.24) is 20.2 Å². The van der Waals surface area contributed by atoms with E-state index in [-0.39, 0.29) is 11.7 Å². The normalized spacial score (nSPS) is 10.9. The lowest BCUT2D eigenvalue weighted by molar-refractivity contribution is -0.118. The molecule has 0 aliphatic rings. The van der Waals surface area contributed by atoms with Crippen molar-refractivity contribution in [2.24, 2.45) is 5.10 Å². The first-order valence-electron chi connectivity index (χ1n) is 10.6. The second kappa shape index (κ2) is 11.7. The second-order valence-corrected chi connectivity index (χ2v) is 8.09. The number of methoxy groups -OCH3 is 1. The van der Waals surface area contributed by atoms with Crippen LogP contribution in [-0.2, 0) is 11.3 Å². The van der Waals surface area contributed by atoms with Crippen LogP contribution in [0.2, 0.25) is 0 Å². The molecule has 0 atom stereocenters. The fraction of sp³-hybridized carbons (Fsp3) is 0.120. The minimum atomic E-state index is -0.240. The average Bonchev–Trinajstić information content (AvgIpc) is 3.30. The van der Waals surface area contributed by atoms with Gasteiger partial charge in [-0.05, 0) is 42.0 Å². The van der Waals surface area contributed by atoms with E-state index in [0.717, 1.165) is 28.5 Å². The quantitative estimate of drug-likeness (QED) is 0.205. The maximum atomic E-state index is 12.4. The molecule has 0 saturated carbocycles. The number of hydrogen-bond donors (Lipinski definition) is 2. The van der Waals surface area contributed by atoms with Gasteiger partial charge < -0.3 is 10.1 Å². The van der Waals surface area contributed by atoms with Gasteiger partial charge in [-0.3, -0.25) is 9.36 Å². The summed E-state index contributed by atoms with van der Waals surface area (Å²) in [4.78, 5) is 12.4. The lowest BCUT2D eigenvalue weighted by atomic mass is 10.2. The number of para-hydroxylation sites is 2. The Kier molecular flexibility index (Phi) is 7.91. The molecule has 0 spiro atoms. The van der Waals surface area contributed by atoms with Gasteiger partial charge in [0.05, 0.1) is 25.6 Å². The summed E-state index contributed by atoms with van der Waals surface area (Å²) in [6, 6.07) is 27.2. The van der Waals surface area contributed by atoms with Crippen LogP contribution in [0.15, 0.2) is 95.2 Å². The topological polar surface area (TPSA) is 93.4 Å². The van der Waals surface area contributed by atoms with Crippen molar-refractivity contribution >= 4 is 29.6 Å². The van der Waals surface area contributed by atoms with E-state index in [4.69, 9.17) is 4.74 Å². The Morgan fingerprint density at radius 2 is 1.79 bits per heavy atom. The number of anilines is 1. The highest BCUT2D eigenvalue weighted by molar-refractivity contribution is 7.99. The molecular weight excluding hydrogens is 448 g/mol. The molecule has 2 N–H and O–H groups in total. The average molecular weight is 473 g/mol. The fourth-order valence-electron chi connectivity index (χ4n) is 3.14. The molecule has 1 amide bonds. The predicted molar refractivity (Wildman–Crippen MR) is 135 cm³/mol. The number of carbonyl (C=O) groups excluding carboxylic acids is 1. The first-order valence-corrected chi connectivity index (χ1v) is 11.6. The summed E-state index contributed by atoms with van der Waals surface area (Å²) in [5.74, 6) is 1.38. The molecule has 0 saturated heterocycles. The van der Waals surface area contributed by atoms with E-state index in [1.165, 1.54) is 11.8 Å². The monoisotopic (exact) mass is 472 g/mol. The number of amides is 1. The van der Waals surface area contributed by atoms with Gasteiger partial charge in [-0.15, -0.1) is 10.2 Å². The Morgan fingerprint density at radius 1 is 1.03 bits per heavy atom. The summed E-state index contributed by atoms with van der Waals surface area (Å²) in [5.41, 5.74) is 5.30. The number of thioether (sulfide) groups is 1. The number of ether oxygens (including phenoxy) is 1. The molecule has 1 heterocycles. The van der Waals surface area contributed by atoms with E-state index in [9.17, 15) is 4.79 Å². The highest BCUT2D eigenvalue weighted by Crippen LogP contribution is 2.22. The molecule has 4 aromatic rings. The second-order valence-electron chi connectivity index (χ2n) is 7.15. The van der Waals surface area contributed by atoms with Crippen molar-refractivity contribution in [2.45, 2.75) is 11.7 Å². The van der Waals surface area contributed by atoms with Crippen LogP contribution < -0.4 is 15.5 Å². The number of aromatic nitrogens is 3. The molecule has 9 heteroatoms. The van der Waals surface area contributed by atoms with Gasteiger partial charge in [-0.25, -0.2) is 5.43 Å². The van der Waals surface area contributed by atoms with Gasteiger partial charge in [0.1, 0.15) is 5.75 Å². The third kappa shape index (κ3) is 6.23. The maximum Gasteiger partial charge on any atom is 0.250 e. The highest BCUT2D eigenvalue weighted by Gasteiger charge is 2.15. The van der Waals surface area contributed by atoms with Gasteiger partial charge in [0.25, 0.3) is 5.91 Å². The third-order valence-corrected chi connectivity index (χ3v) is 5.70. The van der Waals surface area contributed by atoms with Crippen LogP contribution in [0.4, 0.5) is 5.69 Å². The molecule has 0 bridgehead atoms. The number of hydrazone groups is 1. The Hall–Kier alpha value is -4.11. The molecule has 4 rings (SSSR count). The highest BCUT2D eigenvalue weighted by atomic mass is 32.2. The Morgan fingerprint density at radius 3 is 2.56 bits per heavy atom. The minimum Gasteiger partial charge on any atom is -0.497 e. The van der Waals surface area contributed by atoms with Crippen LogP contribution in [0.1, 0.15) is 11.4 Å². The van der Waals surface area contributed by atoms with E-state index < -0.39 is 0 Å². The Bertz CT molecular complexity index is 1240. The molecule has 34 heavy (non-hydrogen) atoms. The number of nitrogens with zero attached hydrogens (tertiary/aromatic N) is 4. The summed E-state index contributed by atoms with van der Waals surface area (Å²) in [5, 5.41) is 16.7. The van der Waals surface area contributed by atoms with E-state index in [1.807, 2.05) is 89.5 Å². The van der Waals surface area contributed by atoms with Crippen LogP contribution in [0.3, 0.4) is 0 Å². The van der Waals surface area contributed by atoms with Gasteiger partial charge in [-0.1, -0.05) is 60.3 Å². The Balaban J connectivity index is 1.41. The van der Waals surface area contributed by atoms with Crippen LogP contribution in [0.5, 0.6) is 5.75 Å². The number of hydrogen-bond acceptors (Lipinski definition) is 7. The molecule has 172 valence electrons. The van der Waals surface area contributed by atoms with Gasteiger partial charge in [0.2, 0.25) is 0 Å². The molecule has 0 unspecified atom stereocenters. The molecule has 3 aromatic carbocycles. The standard InChI is InChI=1S/C25H24N6O2S/c1-33-22-14-8-9-19(15-22)16-27-29-24(32)18-34-25-30-28-23(17-26-20-10-4-2-5-11-20)31(25)21-12-6-3-7-13-21/h2-16,26H,17-18H2,1H3,(H,29,32). The smallest absolute Gasteiger partial charge is 0.250 e. The van der Waals surface area contributed by atoms with Crippen molar-refractivity contribution in [3.05, 3.63) is 96.3 Å². The first kappa shape index (κ1) is 23.1. The number of benzene rings is 3. The zero-order valence-electron chi connectivity index (χ0n) is 18.6. The van der Waals surface area contributed by atoms with Gasteiger partial charge >= 0.3 is 0 Å². The molecule has 1 aromatic heterocycles. The van der Waals surface area contributed by atoms with Crippen molar-refractivity contribution in [3.63, 3.8) is 0 Å². The van der Waals surface area contributed by atoms with Crippen LogP contribution >= 0.6 is 11.8 Å². The maximum absolute atomic E-state index is 12.4. The van der Waals surface area contributed by atoms with Crippen LogP contribution in [0.25, 0.3) is 5.69 Å². The van der Waals surface area contributed by atoms with Gasteiger partial charge in [0.15, 0.2) is 11.0 Å². The van der Waals surface area contributed by atoms with Gasteiger partial charge in [0, 0.05) is 11.4 Å². The summed E-state index contributed by atoms with van der Waals surface area (Å²) < 4.78 is 7.14. The molecule has 0 fully saturated rings. The van der Waals surface area contributed by atoms with Crippen molar-refractivity contribution in [2.75, 3.05) is 18.2 Å². The zero-order chi connectivity index (χ0) is 23.6. The van der Waals surface area contributed by atoms with Crippen molar-refractivity contribution in [1.29, 1.82) is 0 Å². The summed E-state index contributed by atoms with van der Waals surface area (Å²) in [6.07, 6.45) is 1.57. The van der Waals surface area contributed by atoms with E-state index in [0.29, 0.717) is 11.7 Å². The summed E-state index contributed by atoms with van der Waals surface area (Å²) in [7, 11) is 1.60. The fourth-order valence-corrected chi connectivity index (χ4v) is 3.91. The van der Waals surface area contributed by atoms with Crippen LogP contribution in [0, 0.1) is 0 Å². The van der Waals surface area contributed by atoms with Crippen LogP contribution in [-0.4, -0.2) is 39.7 Å².